The lowest BCUT2D eigenvalue weighted by Gasteiger charge is -2.10. The lowest BCUT2D eigenvalue weighted by Crippen LogP contribution is -2.12. The van der Waals surface area contributed by atoms with Crippen molar-refractivity contribution in [1.82, 2.24) is 0 Å². The van der Waals surface area contributed by atoms with E-state index in [0.29, 0.717) is 5.56 Å². The molecule has 0 aliphatic rings. The van der Waals surface area contributed by atoms with E-state index in [-0.39, 0.29) is 12.5 Å². The van der Waals surface area contributed by atoms with Crippen molar-refractivity contribution in [3.05, 3.63) is 54.6 Å². The second-order valence-corrected chi connectivity index (χ2v) is 7.07. The first-order valence-electron chi connectivity index (χ1n) is 5.11. The zero-order valence-corrected chi connectivity index (χ0v) is 13.1. The molecule has 0 saturated carbocycles. The maximum absolute atomic E-state index is 13.5. The van der Waals surface area contributed by atoms with E-state index in [9.17, 15) is 8.78 Å². The number of hydrogen-bond donors (Lipinski definition) is 1. The molecule has 0 spiro atoms. The number of nitrogens with two attached hydrogens (primary N) is 1. The Balaban J connectivity index is 2.20. The van der Waals surface area contributed by atoms with Gasteiger partial charge in [-0.05, 0) is 68.1 Å². The highest BCUT2D eigenvalue weighted by molar-refractivity contribution is 9.13. The standard InChI is InChI=1S/C12H9Br2F2NS/c13-8-5-11(18-12(8)14)10(17)4-6-3-7(15)1-2-9(6)16/h1-3,5,10H,4,17H2. The molecule has 0 aliphatic carbocycles. The molecule has 0 bridgehead atoms. The highest BCUT2D eigenvalue weighted by atomic mass is 79.9. The Morgan fingerprint density at radius 2 is 1.94 bits per heavy atom. The van der Waals surface area contributed by atoms with Crippen LogP contribution in [0.2, 0.25) is 0 Å². The summed E-state index contributed by atoms with van der Waals surface area (Å²) < 4.78 is 28.4. The molecule has 6 heteroatoms. The summed E-state index contributed by atoms with van der Waals surface area (Å²) in [6.07, 6.45) is 0.267. The van der Waals surface area contributed by atoms with E-state index in [2.05, 4.69) is 31.9 Å². The Hall–Kier alpha value is -0.300. The monoisotopic (exact) mass is 395 g/mol. The van der Waals surface area contributed by atoms with Crippen LogP contribution in [0.3, 0.4) is 0 Å². The molecule has 2 aromatic rings. The number of rotatable bonds is 3. The molecule has 1 aromatic heterocycles. The van der Waals surface area contributed by atoms with Crippen LogP contribution in [0.5, 0.6) is 0 Å². The fourth-order valence-corrected chi connectivity index (χ4v) is 3.67. The third-order valence-electron chi connectivity index (χ3n) is 2.48. The summed E-state index contributed by atoms with van der Waals surface area (Å²) >= 11 is 8.23. The van der Waals surface area contributed by atoms with E-state index < -0.39 is 11.6 Å². The van der Waals surface area contributed by atoms with Crippen LogP contribution in [0.15, 0.2) is 32.5 Å². The Morgan fingerprint density at radius 3 is 2.56 bits per heavy atom. The topological polar surface area (TPSA) is 26.0 Å². The Kier molecular flexibility index (Phi) is 4.53. The van der Waals surface area contributed by atoms with Crippen molar-refractivity contribution >= 4 is 43.2 Å². The van der Waals surface area contributed by atoms with Crippen LogP contribution in [-0.4, -0.2) is 0 Å². The first-order valence-corrected chi connectivity index (χ1v) is 7.52. The molecule has 0 saturated heterocycles. The van der Waals surface area contributed by atoms with Crippen molar-refractivity contribution in [1.29, 1.82) is 0 Å². The number of thiophene rings is 1. The largest absolute Gasteiger partial charge is 0.323 e. The van der Waals surface area contributed by atoms with Gasteiger partial charge in [0.05, 0.1) is 3.79 Å². The molecule has 1 unspecified atom stereocenters. The maximum Gasteiger partial charge on any atom is 0.126 e. The predicted octanol–water partition coefficient (Wildman–Crippen LogP) is 4.79. The maximum atomic E-state index is 13.5. The van der Waals surface area contributed by atoms with Crippen molar-refractivity contribution in [3.8, 4) is 0 Å². The number of halogens is 4. The molecular formula is C12H9Br2F2NS. The molecule has 2 N–H and O–H groups in total. The molecule has 1 atom stereocenters. The van der Waals surface area contributed by atoms with Gasteiger partial charge in [-0.15, -0.1) is 11.3 Å². The molecule has 1 heterocycles. The minimum Gasteiger partial charge on any atom is -0.323 e. The van der Waals surface area contributed by atoms with Crippen molar-refractivity contribution in [2.45, 2.75) is 12.5 Å². The molecule has 0 fully saturated rings. The summed E-state index contributed by atoms with van der Waals surface area (Å²) in [7, 11) is 0. The SMILES string of the molecule is NC(Cc1cc(F)ccc1F)c1cc(Br)c(Br)s1. The first kappa shape index (κ1) is 14.1. The number of benzene rings is 1. The van der Waals surface area contributed by atoms with Crippen LogP contribution < -0.4 is 5.73 Å². The second kappa shape index (κ2) is 5.77. The summed E-state index contributed by atoms with van der Waals surface area (Å²) in [4.78, 5) is 0.914. The van der Waals surface area contributed by atoms with Crippen LogP contribution in [0, 0.1) is 11.6 Å². The van der Waals surface area contributed by atoms with Crippen LogP contribution in [0.4, 0.5) is 8.78 Å². The molecule has 0 aliphatic heterocycles. The van der Waals surface area contributed by atoms with Gasteiger partial charge in [-0.1, -0.05) is 0 Å². The van der Waals surface area contributed by atoms with Gasteiger partial charge in [-0.2, -0.15) is 0 Å². The zero-order chi connectivity index (χ0) is 13.3. The van der Waals surface area contributed by atoms with Gasteiger partial charge in [0, 0.05) is 15.4 Å². The highest BCUT2D eigenvalue weighted by Gasteiger charge is 2.15. The smallest absolute Gasteiger partial charge is 0.126 e. The molecule has 2 rings (SSSR count). The first-order chi connectivity index (χ1) is 8.47. The minimum absolute atomic E-state index is 0.267. The van der Waals surface area contributed by atoms with Gasteiger partial charge in [0.1, 0.15) is 11.6 Å². The fourth-order valence-electron chi connectivity index (χ4n) is 1.58. The normalized spacial score (nSPS) is 12.7. The molecule has 0 amide bonds. The molecule has 0 radical (unpaired) electrons. The van der Waals surface area contributed by atoms with Crippen molar-refractivity contribution in [2.75, 3.05) is 0 Å². The van der Waals surface area contributed by atoms with E-state index in [1.807, 2.05) is 6.07 Å². The fraction of sp³-hybridized carbons (Fsp3) is 0.167. The number of hydrogen-bond acceptors (Lipinski definition) is 2. The summed E-state index contributed by atoms with van der Waals surface area (Å²) in [6, 6.07) is 4.94. The van der Waals surface area contributed by atoms with Crippen molar-refractivity contribution in [2.24, 2.45) is 5.73 Å². The molecule has 1 nitrogen and oxygen atoms in total. The lowest BCUT2D eigenvalue weighted by atomic mass is 10.0. The van der Waals surface area contributed by atoms with Crippen LogP contribution >= 0.6 is 43.2 Å². The molecule has 96 valence electrons. The van der Waals surface area contributed by atoms with Gasteiger partial charge >= 0.3 is 0 Å². The van der Waals surface area contributed by atoms with Gasteiger partial charge in [-0.25, -0.2) is 8.78 Å². The van der Waals surface area contributed by atoms with Gasteiger partial charge in [0.2, 0.25) is 0 Å². The van der Waals surface area contributed by atoms with Gasteiger partial charge < -0.3 is 5.73 Å². The van der Waals surface area contributed by atoms with Crippen LogP contribution in [-0.2, 0) is 6.42 Å². The average Bonchev–Trinajstić information content (AvgIpc) is 2.64. The van der Waals surface area contributed by atoms with E-state index in [1.165, 1.54) is 17.4 Å². The molecular weight excluding hydrogens is 388 g/mol. The summed E-state index contributed by atoms with van der Waals surface area (Å²) in [5.41, 5.74) is 6.30. The van der Waals surface area contributed by atoms with Crippen LogP contribution in [0.1, 0.15) is 16.5 Å². The van der Waals surface area contributed by atoms with Gasteiger partial charge in [0.25, 0.3) is 0 Å². The van der Waals surface area contributed by atoms with E-state index in [0.717, 1.165) is 25.3 Å². The quantitative estimate of drug-likeness (QED) is 0.792. The third kappa shape index (κ3) is 3.17. The third-order valence-corrected chi connectivity index (χ3v) is 5.87. The summed E-state index contributed by atoms with van der Waals surface area (Å²) in [5, 5.41) is 0. The van der Waals surface area contributed by atoms with Gasteiger partial charge in [0.15, 0.2) is 0 Å². The Labute approximate surface area is 124 Å². The average molecular weight is 397 g/mol. The molecule has 1 aromatic carbocycles. The van der Waals surface area contributed by atoms with Gasteiger partial charge in [-0.3, -0.25) is 0 Å². The van der Waals surface area contributed by atoms with E-state index in [4.69, 9.17) is 5.73 Å². The second-order valence-electron chi connectivity index (χ2n) is 3.82. The highest BCUT2D eigenvalue weighted by Crippen LogP contribution is 2.35. The minimum atomic E-state index is -0.452. The zero-order valence-electron chi connectivity index (χ0n) is 9.09. The summed E-state index contributed by atoms with van der Waals surface area (Å²) in [6.45, 7) is 0. The van der Waals surface area contributed by atoms with Crippen molar-refractivity contribution < 1.29 is 8.78 Å². The van der Waals surface area contributed by atoms with Crippen LogP contribution in [0.25, 0.3) is 0 Å². The Morgan fingerprint density at radius 1 is 1.22 bits per heavy atom. The van der Waals surface area contributed by atoms with E-state index in [1.54, 1.807) is 0 Å². The lowest BCUT2D eigenvalue weighted by molar-refractivity contribution is 0.574. The molecule has 18 heavy (non-hydrogen) atoms. The summed E-state index contributed by atoms with van der Waals surface area (Å²) in [5.74, 6) is -0.881. The predicted molar refractivity (Wildman–Crippen MR) is 76.7 cm³/mol. The van der Waals surface area contributed by atoms with Crippen molar-refractivity contribution in [3.63, 3.8) is 0 Å². The Bertz CT molecular complexity index is 552. The van der Waals surface area contributed by atoms with E-state index >= 15 is 0 Å².